The molecule has 0 aliphatic heterocycles. The maximum atomic E-state index is 6.97. The van der Waals surface area contributed by atoms with Crippen molar-refractivity contribution in [2.24, 2.45) is 0 Å². The Labute approximate surface area is 322 Å². The molecule has 1 heterocycles. The Morgan fingerprint density at radius 1 is 0.509 bits per heavy atom. The Balaban J connectivity index is 1.18. The van der Waals surface area contributed by atoms with Crippen LogP contribution in [0.5, 0.6) is 0 Å². The summed E-state index contributed by atoms with van der Waals surface area (Å²) in [4.78, 5) is 2.50. The third-order valence-electron chi connectivity index (χ3n) is 12.8. The minimum absolute atomic E-state index is 0.133. The zero-order valence-electron chi connectivity index (χ0n) is 31.5. The molecule has 9 aromatic rings. The molecule has 55 heavy (non-hydrogen) atoms. The molecule has 0 amide bonds. The topological polar surface area (TPSA) is 16.4 Å². The number of para-hydroxylation sites is 1. The molecule has 2 nitrogen and oxygen atoms in total. The highest BCUT2D eigenvalue weighted by Crippen LogP contribution is 2.53. The predicted molar refractivity (Wildman–Crippen MR) is 232 cm³/mol. The van der Waals surface area contributed by atoms with E-state index in [2.05, 4.69) is 176 Å². The Morgan fingerprint density at radius 3 is 2.09 bits per heavy atom. The average Bonchev–Trinajstić information content (AvgIpc) is 3.72. The van der Waals surface area contributed by atoms with Gasteiger partial charge in [0.25, 0.3) is 0 Å². The van der Waals surface area contributed by atoms with Gasteiger partial charge in [-0.15, -0.1) is 0 Å². The lowest BCUT2D eigenvalue weighted by atomic mass is 9.82. The summed E-state index contributed by atoms with van der Waals surface area (Å²) in [6, 6.07) is 58.7. The monoisotopic (exact) mass is 709 g/mol. The number of nitrogens with zero attached hydrogens (tertiary/aromatic N) is 1. The van der Waals surface area contributed by atoms with Crippen LogP contribution < -0.4 is 4.90 Å². The molecular weight excluding hydrogens is 667 g/mol. The fourth-order valence-electron chi connectivity index (χ4n) is 10.0. The Morgan fingerprint density at radius 2 is 1.20 bits per heavy atom. The first-order valence-electron chi connectivity index (χ1n) is 20.0. The SMILES string of the molecule is CC1(C)c2ccccc2-c2ccc(N(c3ccc4c(c3)oc3c(C5CCCCC5)cccc34)c3c(-c4ccc5ccccc5c4)ccc4ccccc34)cc21. The van der Waals surface area contributed by atoms with Crippen LogP contribution in [0.1, 0.15) is 68.6 Å². The fraction of sp³-hybridized carbons (Fsp3) is 0.170. The highest BCUT2D eigenvalue weighted by Gasteiger charge is 2.36. The molecule has 0 saturated heterocycles. The van der Waals surface area contributed by atoms with E-state index in [0.29, 0.717) is 5.92 Å². The molecule has 1 aromatic heterocycles. The molecule has 0 spiro atoms. The lowest BCUT2D eigenvalue weighted by molar-refractivity contribution is 0.442. The van der Waals surface area contributed by atoms with E-state index in [4.69, 9.17) is 4.42 Å². The van der Waals surface area contributed by atoms with Crippen LogP contribution in [0.4, 0.5) is 17.1 Å². The smallest absolute Gasteiger partial charge is 0.138 e. The average molecular weight is 710 g/mol. The summed E-state index contributed by atoms with van der Waals surface area (Å²) in [6.07, 6.45) is 6.42. The van der Waals surface area contributed by atoms with Crippen LogP contribution in [0, 0.1) is 0 Å². The molecule has 8 aromatic carbocycles. The van der Waals surface area contributed by atoms with E-state index in [1.807, 2.05) is 0 Å². The predicted octanol–water partition coefficient (Wildman–Crippen LogP) is 15.4. The highest BCUT2D eigenvalue weighted by molar-refractivity contribution is 6.10. The van der Waals surface area contributed by atoms with Crippen LogP contribution >= 0.6 is 0 Å². The van der Waals surface area contributed by atoms with Gasteiger partial charge < -0.3 is 9.32 Å². The molecule has 1 saturated carbocycles. The standard InChI is InChI=1S/C53H43NO/c1-53(2)48-22-11-10-19-44(48)45-29-26-39(32-49(45)53)54(40-27-30-46-47-21-12-20-43(35-14-4-3-5-15-35)52(47)55-50(46)33-40)51-41-18-9-8-16-36(41)25-28-42(51)38-24-23-34-13-6-7-17-37(34)31-38/h6-13,16-33,35H,3-5,14-15H2,1-2H3. The molecule has 11 rings (SSSR count). The fourth-order valence-corrected chi connectivity index (χ4v) is 10.0. The largest absolute Gasteiger partial charge is 0.456 e. The number of furan rings is 1. The van der Waals surface area contributed by atoms with Gasteiger partial charge in [0.05, 0.1) is 5.69 Å². The molecule has 0 atom stereocenters. The van der Waals surface area contributed by atoms with E-state index in [9.17, 15) is 0 Å². The van der Waals surface area contributed by atoms with Crippen LogP contribution in [-0.2, 0) is 5.41 Å². The summed E-state index contributed by atoms with van der Waals surface area (Å²) in [5.74, 6) is 0.563. The van der Waals surface area contributed by atoms with Crippen LogP contribution in [-0.4, -0.2) is 0 Å². The van der Waals surface area contributed by atoms with Crippen molar-refractivity contribution in [1.82, 2.24) is 0 Å². The van der Waals surface area contributed by atoms with Gasteiger partial charge in [-0.1, -0.05) is 154 Å². The first kappa shape index (κ1) is 32.3. The minimum Gasteiger partial charge on any atom is -0.456 e. The normalized spacial score (nSPS) is 15.2. The van der Waals surface area contributed by atoms with Gasteiger partial charge >= 0.3 is 0 Å². The number of hydrogen-bond acceptors (Lipinski definition) is 2. The summed E-state index contributed by atoms with van der Waals surface area (Å²) in [7, 11) is 0. The molecular formula is C53H43NO. The number of benzene rings is 8. The number of anilines is 3. The van der Waals surface area contributed by atoms with Crippen molar-refractivity contribution in [2.45, 2.75) is 57.3 Å². The van der Waals surface area contributed by atoms with Gasteiger partial charge in [0.15, 0.2) is 0 Å². The molecule has 0 bridgehead atoms. The molecule has 2 heteroatoms. The lowest BCUT2D eigenvalue weighted by Crippen LogP contribution is -2.17. The van der Waals surface area contributed by atoms with Crippen molar-refractivity contribution in [3.63, 3.8) is 0 Å². The van der Waals surface area contributed by atoms with Crippen molar-refractivity contribution >= 4 is 60.5 Å². The summed E-state index contributed by atoms with van der Waals surface area (Å²) in [5, 5.41) is 7.29. The number of fused-ring (bicyclic) bond motifs is 8. The van der Waals surface area contributed by atoms with Gasteiger partial charge in [0, 0.05) is 44.6 Å². The van der Waals surface area contributed by atoms with E-state index in [0.717, 1.165) is 22.5 Å². The van der Waals surface area contributed by atoms with E-state index >= 15 is 0 Å². The summed E-state index contributed by atoms with van der Waals surface area (Å²) < 4.78 is 6.97. The number of hydrogen-bond donors (Lipinski definition) is 0. The van der Waals surface area contributed by atoms with Crippen molar-refractivity contribution in [3.8, 4) is 22.3 Å². The van der Waals surface area contributed by atoms with E-state index in [1.165, 1.54) is 109 Å². The minimum atomic E-state index is -0.133. The van der Waals surface area contributed by atoms with Crippen molar-refractivity contribution in [1.29, 1.82) is 0 Å². The Hall–Kier alpha value is -6.12. The first-order valence-corrected chi connectivity index (χ1v) is 20.0. The van der Waals surface area contributed by atoms with Crippen molar-refractivity contribution < 1.29 is 4.42 Å². The van der Waals surface area contributed by atoms with Crippen LogP contribution in [0.3, 0.4) is 0 Å². The van der Waals surface area contributed by atoms with Gasteiger partial charge in [-0.25, -0.2) is 0 Å². The third-order valence-corrected chi connectivity index (χ3v) is 12.8. The molecule has 0 N–H and O–H groups in total. The lowest BCUT2D eigenvalue weighted by Gasteiger charge is -2.31. The van der Waals surface area contributed by atoms with Gasteiger partial charge in [0.1, 0.15) is 11.2 Å². The zero-order valence-corrected chi connectivity index (χ0v) is 31.5. The second-order valence-corrected chi connectivity index (χ2v) is 16.3. The van der Waals surface area contributed by atoms with Crippen LogP contribution in [0.15, 0.2) is 162 Å². The zero-order chi connectivity index (χ0) is 36.7. The molecule has 1 fully saturated rings. The summed E-state index contributed by atoms with van der Waals surface area (Å²) >= 11 is 0. The maximum absolute atomic E-state index is 6.97. The van der Waals surface area contributed by atoms with Gasteiger partial charge in [-0.05, 0) is 98.6 Å². The summed E-state index contributed by atoms with van der Waals surface area (Å²) in [5.41, 5.74) is 14.4. The van der Waals surface area contributed by atoms with Gasteiger partial charge in [-0.3, -0.25) is 0 Å². The number of rotatable bonds is 5. The summed E-state index contributed by atoms with van der Waals surface area (Å²) in [6.45, 7) is 4.74. The molecule has 2 aliphatic carbocycles. The second-order valence-electron chi connectivity index (χ2n) is 16.3. The van der Waals surface area contributed by atoms with Gasteiger partial charge in [-0.2, -0.15) is 0 Å². The Bertz CT molecular complexity index is 2960. The first-order chi connectivity index (χ1) is 27.0. The van der Waals surface area contributed by atoms with E-state index in [1.54, 1.807) is 0 Å². The molecule has 266 valence electrons. The second kappa shape index (κ2) is 12.5. The highest BCUT2D eigenvalue weighted by atomic mass is 16.3. The molecule has 0 unspecified atom stereocenters. The quantitative estimate of drug-likeness (QED) is 0.177. The van der Waals surface area contributed by atoms with Crippen molar-refractivity contribution in [2.75, 3.05) is 4.90 Å². The molecule has 0 radical (unpaired) electrons. The Kier molecular flexibility index (Phi) is 7.33. The van der Waals surface area contributed by atoms with E-state index in [-0.39, 0.29) is 5.41 Å². The van der Waals surface area contributed by atoms with Crippen LogP contribution in [0.2, 0.25) is 0 Å². The van der Waals surface area contributed by atoms with Gasteiger partial charge in [0.2, 0.25) is 0 Å². The molecule has 2 aliphatic rings. The third kappa shape index (κ3) is 5.08. The van der Waals surface area contributed by atoms with Crippen molar-refractivity contribution in [3.05, 3.63) is 174 Å². The van der Waals surface area contributed by atoms with Crippen LogP contribution in [0.25, 0.3) is 65.7 Å². The van der Waals surface area contributed by atoms with E-state index < -0.39 is 0 Å². The maximum Gasteiger partial charge on any atom is 0.138 e.